The minimum Gasteiger partial charge on any atom is -0.356 e. The summed E-state index contributed by atoms with van der Waals surface area (Å²) in [6.45, 7) is 5.43. The predicted octanol–water partition coefficient (Wildman–Crippen LogP) is 3.66. The van der Waals surface area contributed by atoms with E-state index in [1.165, 1.54) is 32.1 Å². The van der Waals surface area contributed by atoms with Crippen LogP contribution in [0.3, 0.4) is 0 Å². The highest BCUT2D eigenvalue weighted by molar-refractivity contribution is 14.0. The van der Waals surface area contributed by atoms with Crippen LogP contribution in [0.5, 0.6) is 0 Å². The van der Waals surface area contributed by atoms with Crippen molar-refractivity contribution in [3.05, 3.63) is 30.2 Å². The summed E-state index contributed by atoms with van der Waals surface area (Å²) in [7, 11) is 1.83. The lowest BCUT2D eigenvalue weighted by atomic mass is 9.78. The molecule has 0 spiro atoms. The Hall–Kier alpha value is -1.38. The maximum atomic E-state index is 4.39. The highest BCUT2D eigenvalue weighted by atomic mass is 127. The number of guanidine groups is 1. The minimum absolute atomic E-state index is 0. The van der Waals surface area contributed by atoms with Crippen molar-refractivity contribution in [2.75, 3.05) is 13.6 Å². The van der Waals surface area contributed by atoms with E-state index in [1.807, 2.05) is 35.8 Å². The molecule has 0 radical (unpaired) electrons. The quantitative estimate of drug-likeness (QED) is 0.373. The summed E-state index contributed by atoms with van der Waals surface area (Å²) >= 11 is 0. The second-order valence-corrected chi connectivity index (χ2v) is 7.48. The number of hydrogen-bond acceptors (Lipinski definition) is 3. The van der Waals surface area contributed by atoms with Crippen molar-refractivity contribution in [3.8, 4) is 0 Å². The molecule has 27 heavy (non-hydrogen) atoms. The fourth-order valence-corrected chi connectivity index (χ4v) is 3.96. The Labute approximate surface area is 179 Å². The van der Waals surface area contributed by atoms with E-state index in [9.17, 15) is 0 Å². The van der Waals surface area contributed by atoms with Gasteiger partial charge in [-0.2, -0.15) is 0 Å². The van der Waals surface area contributed by atoms with Gasteiger partial charge in [0.25, 0.3) is 0 Å². The van der Waals surface area contributed by atoms with Gasteiger partial charge < -0.3 is 10.6 Å². The molecule has 0 saturated heterocycles. The van der Waals surface area contributed by atoms with E-state index in [1.54, 1.807) is 0 Å². The average molecular weight is 484 g/mol. The van der Waals surface area contributed by atoms with Crippen molar-refractivity contribution in [3.63, 3.8) is 0 Å². The first-order valence-corrected chi connectivity index (χ1v) is 9.95. The Bertz CT molecular complexity index is 722. The number of pyridine rings is 1. The van der Waals surface area contributed by atoms with E-state index < -0.39 is 0 Å². The van der Waals surface area contributed by atoms with Crippen LogP contribution < -0.4 is 10.6 Å². The number of halogens is 1. The molecule has 0 amide bonds. The second kappa shape index (κ2) is 10.8. The molecule has 0 aromatic carbocycles. The van der Waals surface area contributed by atoms with Gasteiger partial charge in [-0.05, 0) is 30.9 Å². The third kappa shape index (κ3) is 5.80. The molecule has 2 heterocycles. The zero-order chi connectivity index (χ0) is 18.4. The zero-order valence-electron chi connectivity index (χ0n) is 16.7. The molecule has 2 unspecified atom stereocenters. The standard InChI is InChI=1S/C20H32N6.HI/c1-15(17-9-5-4-6-10-17)16(2)23-20(21-3)22-13-12-19-25-24-18-11-7-8-14-26(18)19;/h7-8,11,14-17H,4-6,9-10,12-13H2,1-3H3,(H2,21,22,23);1H. The fraction of sp³-hybridized carbons (Fsp3) is 0.650. The number of fused-ring (bicyclic) bond motifs is 1. The first kappa shape index (κ1) is 21.9. The predicted molar refractivity (Wildman–Crippen MR) is 122 cm³/mol. The number of nitrogens with one attached hydrogen (secondary N) is 2. The van der Waals surface area contributed by atoms with Crippen LogP contribution in [0.1, 0.15) is 51.8 Å². The van der Waals surface area contributed by atoms with Gasteiger partial charge in [-0.25, -0.2) is 0 Å². The van der Waals surface area contributed by atoms with E-state index in [-0.39, 0.29) is 24.0 Å². The van der Waals surface area contributed by atoms with Crippen LogP contribution in [0.4, 0.5) is 0 Å². The maximum absolute atomic E-state index is 4.39. The first-order valence-electron chi connectivity index (χ1n) is 9.95. The summed E-state index contributed by atoms with van der Waals surface area (Å²) in [5, 5.41) is 15.5. The number of aliphatic imine (C=N–C) groups is 1. The molecular formula is C20H33IN6. The summed E-state index contributed by atoms with van der Waals surface area (Å²) in [5.74, 6) is 3.34. The van der Waals surface area contributed by atoms with E-state index in [2.05, 4.69) is 39.7 Å². The van der Waals surface area contributed by atoms with Gasteiger partial charge in [-0.1, -0.05) is 45.1 Å². The van der Waals surface area contributed by atoms with Crippen LogP contribution in [0, 0.1) is 11.8 Å². The molecule has 6 nitrogen and oxygen atoms in total. The molecule has 0 bridgehead atoms. The van der Waals surface area contributed by atoms with Gasteiger partial charge in [0, 0.05) is 32.3 Å². The normalized spacial score (nSPS) is 18.0. The summed E-state index contributed by atoms with van der Waals surface area (Å²) in [4.78, 5) is 4.39. The van der Waals surface area contributed by atoms with E-state index >= 15 is 0 Å². The smallest absolute Gasteiger partial charge is 0.191 e. The third-order valence-electron chi connectivity index (χ3n) is 5.80. The van der Waals surface area contributed by atoms with Gasteiger partial charge in [0.1, 0.15) is 5.82 Å². The molecule has 2 aromatic rings. The highest BCUT2D eigenvalue weighted by Crippen LogP contribution is 2.31. The summed E-state index contributed by atoms with van der Waals surface area (Å²) < 4.78 is 2.03. The van der Waals surface area contributed by atoms with Gasteiger partial charge in [0.15, 0.2) is 11.6 Å². The van der Waals surface area contributed by atoms with Gasteiger partial charge in [-0.3, -0.25) is 9.39 Å². The largest absolute Gasteiger partial charge is 0.356 e. The Balaban J connectivity index is 0.00000261. The Morgan fingerprint density at radius 3 is 2.74 bits per heavy atom. The van der Waals surface area contributed by atoms with Crippen LogP contribution in [-0.4, -0.2) is 40.2 Å². The van der Waals surface area contributed by atoms with Crippen molar-refractivity contribution >= 4 is 35.6 Å². The monoisotopic (exact) mass is 484 g/mol. The molecular weight excluding hydrogens is 451 g/mol. The number of nitrogens with zero attached hydrogens (tertiary/aromatic N) is 4. The molecule has 1 aliphatic rings. The van der Waals surface area contributed by atoms with Crippen LogP contribution in [0.2, 0.25) is 0 Å². The molecule has 1 fully saturated rings. The topological polar surface area (TPSA) is 66.6 Å². The van der Waals surface area contributed by atoms with Gasteiger partial charge in [-0.15, -0.1) is 34.2 Å². The molecule has 3 rings (SSSR count). The van der Waals surface area contributed by atoms with Gasteiger partial charge in [0.2, 0.25) is 0 Å². The van der Waals surface area contributed by atoms with Gasteiger partial charge in [0.05, 0.1) is 0 Å². The molecule has 1 aliphatic carbocycles. The molecule has 0 aliphatic heterocycles. The van der Waals surface area contributed by atoms with Crippen molar-refractivity contribution in [2.45, 2.75) is 58.4 Å². The highest BCUT2D eigenvalue weighted by Gasteiger charge is 2.24. The average Bonchev–Trinajstić information content (AvgIpc) is 3.10. The molecule has 2 atom stereocenters. The molecule has 2 N–H and O–H groups in total. The molecule has 150 valence electrons. The summed E-state index contributed by atoms with van der Waals surface area (Å²) in [5.41, 5.74) is 0.889. The van der Waals surface area contributed by atoms with Crippen molar-refractivity contribution in [2.24, 2.45) is 16.8 Å². The summed E-state index contributed by atoms with van der Waals surface area (Å²) in [6.07, 6.45) is 9.75. The van der Waals surface area contributed by atoms with Crippen LogP contribution in [0.25, 0.3) is 5.65 Å². The number of hydrogen-bond donors (Lipinski definition) is 2. The maximum Gasteiger partial charge on any atom is 0.191 e. The van der Waals surface area contributed by atoms with Crippen molar-refractivity contribution in [1.82, 2.24) is 25.2 Å². The lowest BCUT2D eigenvalue weighted by Gasteiger charge is -2.32. The van der Waals surface area contributed by atoms with Crippen molar-refractivity contribution in [1.29, 1.82) is 0 Å². The third-order valence-corrected chi connectivity index (χ3v) is 5.80. The second-order valence-electron chi connectivity index (χ2n) is 7.48. The molecule has 7 heteroatoms. The number of rotatable bonds is 6. The first-order chi connectivity index (χ1) is 12.7. The Morgan fingerprint density at radius 1 is 1.22 bits per heavy atom. The Kier molecular flexibility index (Phi) is 8.79. The Morgan fingerprint density at radius 2 is 2.00 bits per heavy atom. The van der Waals surface area contributed by atoms with Crippen molar-refractivity contribution < 1.29 is 0 Å². The fourth-order valence-electron chi connectivity index (χ4n) is 3.96. The van der Waals surface area contributed by atoms with E-state index in [0.717, 1.165) is 36.3 Å². The molecule has 2 aromatic heterocycles. The van der Waals surface area contributed by atoms with Crippen LogP contribution in [0.15, 0.2) is 29.4 Å². The molecule has 1 saturated carbocycles. The number of aromatic nitrogens is 3. The van der Waals surface area contributed by atoms with E-state index in [4.69, 9.17) is 0 Å². The van der Waals surface area contributed by atoms with Crippen LogP contribution >= 0.6 is 24.0 Å². The van der Waals surface area contributed by atoms with E-state index in [0.29, 0.717) is 12.0 Å². The SMILES string of the molecule is CN=C(NCCc1nnc2ccccn12)NC(C)C(C)C1CCCCC1.I. The lowest BCUT2D eigenvalue weighted by molar-refractivity contribution is 0.229. The lowest BCUT2D eigenvalue weighted by Crippen LogP contribution is -2.46. The summed E-state index contributed by atoms with van der Waals surface area (Å²) in [6, 6.07) is 6.37. The van der Waals surface area contributed by atoms with Gasteiger partial charge >= 0.3 is 0 Å². The van der Waals surface area contributed by atoms with Crippen LogP contribution in [-0.2, 0) is 6.42 Å². The minimum atomic E-state index is 0. The zero-order valence-corrected chi connectivity index (χ0v) is 19.0.